The van der Waals surface area contributed by atoms with E-state index in [9.17, 15) is 4.79 Å². The molecular weight excluding hydrogens is 270 g/mol. The van der Waals surface area contributed by atoms with Gasteiger partial charge >= 0.3 is 5.97 Å². The average molecular weight is 293 g/mol. The zero-order chi connectivity index (χ0) is 15.1. The summed E-state index contributed by atoms with van der Waals surface area (Å²) in [6.07, 6.45) is 4.89. The van der Waals surface area contributed by atoms with Crippen LogP contribution in [0.1, 0.15) is 36.0 Å². The highest BCUT2D eigenvalue weighted by Crippen LogP contribution is 2.23. The van der Waals surface area contributed by atoms with Gasteiger partial charge in [0.1, 0.15) is 12.4 Å². The highest BCUT2D eigenvalue weighted by molar-refractivity contribution is 5.87. The lowest BCUT2D eigenvalue weighted by Gasteiger charge is -2.27. The molecule has 1 fully saturated rings. The number of carbonyl (C=O) groups is 1. The van der Waals surface area contributed by atoms with Gasteiger partial charge in [-0.25, -0.2) is 4.79 Å². The number of hydrogen-bond acceptors (Lipinski definition) is 4. The Hall–Kier alpha value is -1.59. The van der Waals surface area contributed by atoms with E-state index in [1.165, 1.54) is 31.7 Å². The highest BCUT2D eigenvalue weighted by Gasteiger charge is 2.21. The predicted molar refractivity (Wildman–Crippen MR) is 79.8 cm³/mol. The van der Waals surface area contributed by atoms with Crippen molar-refractivity contribution in [2.24, 2.45) is 0 Å². The van der Waals surface area contributed by atoms with Crippen molar-refractivity contribution in [2.45, 2.75) is 31.7 Å². The van der Waals surface area contributed by atoms with Crippen LogP contribution in [0.3, 0.4) is 0 Å². The van der Waals surface area contributed by atoms with Crippen molar-refractivity contribution in [3.63, 3.8) is 0 Å². The molecule has 0 saturated heterocycles. The van der Waals surface area contributed by atoms with Gasteiger partial charge < -0.3 is 14.9 Å². The van der Waals surface area contributed by atoms with Crippen molar-refractivity contribution in [3.05, 3.63) is 29.8 Å². The maximum atomic E-state index is 10.9. The predicted octanol–water partition coefficient (Wildman–Crippen LogP) is 2.00. The van der Waals surface area contributed by atoms with Gasteiger partial charge in [-0.15, -0.1) is 0 Å². The summed E-state index contributed by atoms with van der Waals surface area (Å²) in [7, 11) is 0. The summed E-state index contributed by atoms with van der Waals surface area (Å²) in [6.45, 7) is 2.08. The largest absolute Gasteiger partial charge is 0.492 e. The molecule has 2 rings (SSSR count). The first-order valence-electron chi connectivity index (χ1n) is 7.52. The molecule has 1 aliphatic rings. The van der Waals surface area contributed by atoms with Crippen LogP contribution in [0.4, 0.5) is 0 Å². The van der Waals surface area contributed by atoms with E-state index in [4.69, 9.17) is 14.9 Å². The molecule has 0 atom stereocenters. The lowest BCUT2D eigenvalue weighted by Crippen LogP contribution is -2.38. The number of benzene rings is 1. The van der Waals surface area contributed by atoms with Crippen molar-refractivity contribution in [1.82, 2.24) is 4.90 Å². The zero-order valence-corrected chi connectivity index (χ0v) is 12.2. The first kappa shape index (κ1) is 15.8. The molecule has 0 spiro atoms. The van der Waals surface area contributed by atoms with Crippen LogP contribution in [0.2, 0.25) is 0 Å². The molecule has 0 aromatic heterocycles. The van der Waals surface area contributed by atoms with Gasteiger partial charge in [-0.3, -0.25) is 4.90 Å². The van der Waals surface area contributed by atoms with Crippen LogP contribution in [-0.2, 0) is 0 Å². The van der Waals surface area contributed by atoms with Crippen LogP contribution >= 0.6 is 0 Å². The summed E-state index contributed by atoms with van der Waals surface area (Å²) in [5.41, 5.74) is 0.232. The highest BCUT2D eigenvalue weighted by atomic mass is 16.5. The third kappa shape index (κ3) is 4.72. The summed E-state index contributed by atoms with van der Waals surface area (Å²) in [4.78, 5) is 13.2. The van der Waals surface area contributed by atoms with Crippen LogP contribution in [0.5, 0.6) is 5.75 Å². The first-order valence-corrected chi connectivity index (χ1v) is 7.52. The topological polar surface area (TPSA) is 70.0 Å². The van der Waals surface area contributed by atoms with Crippen LogP contribution in [-0.4, -0.2) is 53.4 Å². The monoisotopic (exact) mass is 293 g/mol. The van der Waals surface area contributed by atoms with E-state index in [1.807, 2.05) is 0 Å². The van der Waals surface area contributed by atoms with Gasteiger partial charge in [0.15, 0.2) is 0 Å². The van der Waals surface area contributed by atoms with Crippen molar-refractivity contribution < 1.29 is 19.7 Å². The number of rotatable bonds is 8. The minimum atomic E-state index is -0.951. The maximum absolute atomic E-state index is 10.9. The molecule has 5 nitrogen and oxygen atoms in total. The first-order chi connectivity index (χ1) is 10.2. The fraction of sp³-hybridized carbons (Fsp3) is 0.562. The molecule has 2 N–H and O–H groups in total. The Morgan fingerprint density at radius 2 is 2.05 bits per heavy atom. The van der Waals surface area contributed by atoms with Gasteiger partial charge in [-0.2, -0.15) is 0 Å². The van der Waals surface area contributed by atoms with Crippen molar-refractivity contribution in [3.8, 4) is 5.75 Å². The molecule has 0 amide bonds. The molecule has 5 heteroatoms. The summed E-state index contributed by atoms with van der Waals surface area (Å²) in [6, 6.07) is 7.07. The Kier molecular flexibility index (Phi) is 6.02. The quantitative estimate of drug-likeness (QED) is 0.767. The number of aliphatic hydroxyl groups excluding tert-OH is 1. The Morgan fingerprint density at radius 1 is 1.29 bits per heavy atom. The van der Waals surface area contributed by atoms with Crippen LogP contribution in [0.25, 0.3) is 0 Å². The molecule has 1 aliphatic carbocycles. The van der Waals surface area contributed by atoms with Gasteiger partial charge in [0.25, 0.3) is 0 Å². The molecule has 1 aromatic rings. The van der Waals surface area contributed by atoms with Gasteiger partial charge in [0.2, 0.25) is 0 Å². The summed E-state index contributed by atoms with van der Waals surface area (Å²) >= 11 is 0. The number of aliphatic hydroxyl groups is 1. The second kappa shape index (κ2) is 8.00. The van der Waals surface area contributed by atoms with E-state index in [1.54, 1.807) is 18.2 Å². The molecule has 1 aromatic carbocycles. The van der Waals surface area contributed by atoms with Crippen molar-refractivity contribution >= 4 is 5.97 Å². The number of aromatic carboxylic acids is 1. The van der Waals surface area contributed by atoms with Gasteiger partial charge in [-0.1, -0.05) is 18.9 Å². The Morgan fingerprint density at radius 3 is 2.71 bits per heavy atom. The molecule has 116 valence electrons. The molecule has 0 unspecified atom stereocenters. The fourth-order valence-electron chi connectivity index (χ4n) is 2.87. The second-order valence-corrected chi connectivity index (χ2v) is 5.38. The number of nitrogens with zero attached hydrogens (tertiary/aromatic N) is 1. The lowest BCUT2D eigenvalue weighted by atomic mass is 10.2. The van der Waals surface area contributed by atoms with Crippen LogP contribution in [0, 0.1) is 0 Å². The van der Waals surface area contributed by atoms with Crippen LogP contribution < -0.4 is 4.74 Å². The van der Waals surface area contributed by atoms with E-state index in [-0.39, 0.29) is 12.2 Å². The standard InChI is InChI=1S/C16H23NO4/c18-10-8-17(14-5-1-2-6-14)9-11-21-15-7-3-4-13(12-15)16(19)20/h3-4,7,12,14,18H,1-2,5-6,8-11H2,(H,19,20). The molecular formula is C16H23NO4. The van der Waals surface area contributed by atoms with Crippen molar-refractivity contribution in [1.29, 1.82) is 0 Å². The van der Waals surface area contributed by atoms with E-state index in [0.29, 0.717) is 24.9 Å². The summed E-state index contributed by atoms with van der Waals surface area (Å²) < 4.78 is 5.65. The Bertz CT molecular complexity index is 457. The second-order valence-electron chi connectivity index (χ2n) is 5.38. The molecule has 0 aliphatic heterocycles. The molecule has 0 bridgehead atoms. The van der Waals surface area contributed by atoms with E-state index in [2.05, 4.69) is 4.90 Å². The van der Waals surface area contributed by atoms with E-state index >= 15 is 0 Å². The lowest BCUT2D eigenvalue weighted by molar-refractivity contribution is 0.0696. The molecule has 0 heterocycles. The third-order valence-electron chi connectivity index (χ3n) is 3.96. The number of carboxylic acid groups (broad SMARTS) is 1. The van der Waals surface area contributed by atoms with Gasteiger partial charge in [-0.05, 0) is 31.0 Å². The Balaban J connectivity index is 1.83. The number of hydrogen-bond donors (Lipinski definition) is 2. The van der Waals surface area contributed by atoms with E-state index in [0.717, 1.165) is 6.54 Å². The smallest absolute Gasteiger partial charge is 0.335 e. The van der Waals surface area contributed by atoms with Gasteiger partial charge in [0.05, 0.1) is 12.2 Å². The third-order valence-corrected chi connectivity index (χ3v) is 3.96. The van der Waals surface area contributed by atoms with E-state index < -0.39 is 5.97 Å². The number of ether oxygens (including phenoxy) is 1. The number of carboxylic acids is 1. The van der Waals surface area contributed by atoms with Crippen molar-refractivity contribution in [2.75, 3.05) is 26.3 Å². The van der Waals surface area contributed by atoms with Crippen LogP contribution in [0.15, 0.2) is 24.3 Å². The molecule has 1 saturated carbocycles. The minimum absolute atomic E-state index is 0.158. The minimum Gasteiger partial charge on any atom is -0.492 e. The SMILES string of the molecule is O=C(O)c1cccc(OCCN(CCO)C2CCCC2)c1. The zero-order valence-electron chi connectivity index (χ0n) is 12.2. The maximum Gasteiger partial charge on any atom is 0.335 e. The molecule has 21 heavy (non-hydrogen) atoms. The average Bonchev–Trinajstić information content (AvgIpc) is 3.01. The Labute approximate surface area is 125 Å². The summed E-state index contributed by atoms with van der Waals surface area (Å²) in [5, 5.41) is 18.1. The summed E-state index contributed by atoms with van der Waals surface area (Å²) in [5.74, 6) is -0.376. The normalized spacial score (nSPS) is 15.5. The molecule has 0 radical (unpaired) electrons. The van der Waals surface area contributed by atoms with Gasteiger partial charge in [0, 0.05) is 19.1 Å². The fourth-order valence-corrected chi connectivity index (χ4v) is 2.87.